The highest BCUT2D eigenvalue weighted by Crippen LogP contribution is 2.28. The van der Waals surface area contributed by atoms with Crippen molar-refractivity contribution >= 4 is 22.5 Å². The number of H-pyrrole nitrogens is 1. The zero-order valence-corrected chi connectivity index (χ0v) is 17.6. The van der Waals surface area contributed by atoms with Gasteiger partial charge in [-0.05, 0) is 80.6 Å². The van der Waals surface area contributed by atoms with Gasteiger partial charge in [0.2, 0.25) is 0 Å². The fraction of sp³-hybridized carbons (Fsp3) is 0.417. The van der Waals surface area contributed by atoms with Crippen molar-refractivity contribution in [1.82, 2.24) is 9.88 Å². The average molecular weight is 415 g/mol. The average Bonchev–Trinajstić information content (AvgIpc) is 3.00. The molecule has 1 fully saturated rings. The number of rotatable bonds is 6. The van der Waals surface area contributed by atoms with Crippen molar-refractivity contribution in [3.63, 3.8) is 0 Å². The lowest BCUT2D eigenvalue weighted by molar-refractivity contribution is -0.0207. The second-order valence-electron chi connectivity index (χ2n) is 8.39. The van der Waals surface area contributed by atoms with Crippen LogP contribution in [0.4, 0.5) is 4.39 Å². The van der Waals surface area contributed by atoms with Crippen LogP contribution in [-0.4, -0.2) is 40.2 Å². The van der Waals surface area contributed by atoms with Crippen LogP contribution >= 0.6 is 11.6 Å². The Morgan fingerprint density at radius 2 is 1.86 bits per heavy atom. The van der Waals surface area contributed by atoms with Crippen LogP contribution in [0.1, 0.15) is 36.1 Å². The molecule has 0 aliphatic carbocycles. The highest BCUT2D eigenvalue weighted by Gasteiger charge is 2.32. The van der Waals surface area contributed by atoms with Crippen molar-refractivity contribution < 1.29 is 9.50 Å². The van der Waals surface area contributed by atoms with Gasteiger partial charge in [-0.2, -0.15) is 0 Å². The number of hydrogen-bond acceptors (Lipinski definition) is 2. The smallest absolute Gasteiger partial charge is 0.125 e. The van der Waals surface area contributed by atoms with Crippen LogP contribution in [0.25, 0.3) is 10.9 Å². The van der Waals surface area contributed by atoms with Crippen molar-refractivity contribution in [2.45, 2.75) is 44.6 Å². The van der Waals surface area contributed by atoms with E-state index >= 15 is 0 Å². The molecule has 3 aromatic rings. The summed E-state index contributed by atoms with van der Waals surface area (Å²) >= 11 is 5.95. The van der Waals surface area contributed by atoms with E-state index in [2.05, 4.69) is 16.8 Å². The minimum absolute atomic E-state index is 0.204. The maximum Gasteiger partial charge on any atom is 0.125 e. The number of nitrogens with zero attached hydrogens (tertiary/aromatic N) is 1. The van der Waals surface area contributed by atoms with Gasteiger partial charge in [0.25, 0.3) is 0 Å². The maximum absolute atomic E-state index is 13.4. The fourth-order valence-electron chi connectivity index (χ4n) is 4.52. The first-order chi connectivity index (χ1) is 13.9. The minimum atomic E-state index is -0.623. The van der Waals surface area contributed by atoms with E-state index in [0.717, 1.165) is 72.5 Å². The number of aromatic amines is 1. The summed E-state index contributed by atoms with van der Waals surface area (Å²) in [6.45, 7) is 4.92. The van der Waals surface area contributed by atoms with E-state index < -0.39 is 5.60 Å². The summed E-state index contributed by atoms with van der Waals surface area (Å²) in [5.41, 5.74) is 3.80. The highest BCUT2D eigenvalue weighted by molar-refractivity contribution is 6.30. The second kappa shape index (κ2) is 8.47. The lowest BCUT2D eigenvalue weighted by Crippen LogP contribution is -2.45. The number of nitrogens with one attached hydrogen (secondary N) is 1. The summed E-state index contributed by atoms with van der Waals surface area (Å²) in [6, 6.07) is 12.8. The zero-order valence-electron chi connectivity index (χ0n) is 16.8. The van der Waals surface area contributed by atoms with Gasteiger partial charge in [0, 0.05) is 41.1 Å². The highest BCUT2D eigenvalue weighted by atomic mass is 35.5. The predicted molar refractivity (Wildman–Crippen MR) is 117 cm³/mol. The molecule has 154 valence electrons. The van der Waals surface area contributed by atoms with Gasteiger partial charge < -0.3 is 15.0 Å². The van der Waals surface area contributed by atoms with Crippen LogP contribution in [-0.2, 0) is 12.8 Å². The van der Waals surface area contributed by atoms with E-state index in [1.54, 1.807) is 6.07 Å². The normalized spacial score (nSPS) is 17.1. The van der Waals surface area contributed by atoms with Gasteiger partial charge in [-0.25, -0.2) is 4.39 Å². The molecule has 4 rings (SSSR count). The molecule has 2 heterocycles. The summed E-state index contributed by atoms with van der Waals surface area (Å²) < 4.78 is 13.4. The van der Waals surface area contributed by atoms with E-state index in [1.807, 2.05) is 30.3 Å². The molecule has 0 spiro atoms. The SMILES string of the molecule is Cc1[nH]c2cc(F)ccc2c1CCCN1CCC(O)(Cc2ccc(Cl)cc2)CC1. The molecule has 2 N–H and O–H groups in total. The molecular weight excluding hydrogens is 387 g/mol. The summed E-state index contributed by atoms with van der Waals surface area (Å²) in [7, 11) is 0. The summed E-state index contributed by atoms with van der Waals surface area (Å²) in [5, 5.41) is 12.8. The molecule has 0 amide bonds. The molecule has 2 aromatic carbocycles. The fourth-order valence-corrected chi connectivity index (χ4v) is 4.64. The van der Waals surface area contributed by atoms with Crippen molar-refractivity contribution in [3.05, 3.63) is 70.1 Å². The van der Waals surface area contributed by atoms with E-state index in [9.17, 15) is 9.50 Å². The number of aliphatic hydroxyl groups is 1. The second-order valence-corrected chi connectivity index (χ2v) is 8.83. The van der Waals surface area contributed by atoms with Crippen LogP contribution in [0.2, 0.25) is 5.02 Å². The number of fused-ring (bicyclic) bond motifs is 1. The van der Waals surface area contributed by atoms with Crippen LogP contribution in [0.3, 0.4) is 0 Å². The Hall–Kier alpha value is -1.88. The van der Waals surface area contributed by atoms with Crippen molar-refractivity contribution in [2.24, 2.45) is 0 Å². The third-order valence-electron chi connectivity index (χ3n) is 6.22. The standard InChI is InChI=1S/C24H28ClFN2O/c1-17-21(22-9-8-20(26)15-23(22)27-17)3-2-12-28-13-10-24(29,11-14-28)16-18-4-6-19(25)7-5-18/h4-9,15,27,29H,2-3,10-14,16H2,1H3. The van der Waals surface area contributed by atoms with E-state index in [4.69, 9.17) is 11.6 Å². The molecule has 0 radical (unpaired) electrons. The first kappa shape index (κ1) is 20.4. The number of hydrogen-bond donors (Lipinski definition) is 2. The van der Waals surface area contributed by atoms with Gasteiger partial charge >= 0.3 is 0 Å². The quantitative estimate of drug-likeness (QED) is 0.576. The topological polar surface area (TPSA) is 39.3 Å². The molecule has 0 unspecified atom stereocenters. The minimum Gasteiger partial charge on any atom is -0.389 e. The Morgan fingerprint density at radius 3 is 2.59 bits per heavy atom. The number of halogens is 2. The molecule has 1 aliphatic heterocycles. The number of benzene rings is 2. The molecule has 29 heavy (non-hydrogen) atoms. The summed E-state index contributed by atoms with van der Waals surface area (Å²) in [6.07, 6.45) is 4.30. The number of aromatic nitrogens is 1. The third-order valence-corrected chi connectivity index (χ3v) is 6.47. The summed E-state index contributed by atoms with van der Waals surface area (Å²) in [4.78, 5) is 5.74. The first-order valence-electron chi connectivity index (χ1n) is 10.4. The van der Waals surface area contributed by atoms with Crippen molar-refractivity contribution in [1.29, 1.82) is 0 Å². The Kier molecular flexibility index (Phi) is 5.95. The van der Waals surface area contributed by atoms with E-state index in [0.29, 0.717) is 6.42 Å². The van der Waals surface area contributed by atoms with Crippen molar-refractivity contribution in [2.75, 3.05) is 19.6 Å². The van der Waals surface area contributed by atoms with Gasteiger partial charge in [-0.1, -0.05) is 23.7 Å². The lowest BCUT2D eigenvalue weighted by atomic mass is 9.85. The maximum atomic E-state index is 13.4. The number of likely N-dealkylation sites (tertiary alicyclic amines) is 1. The van der Waals surface area contributed by atoms with E-state index in [1.165, 1.54) is 11.6 Å². The molecule has 1 aliphatic rings. The molecule has 3 nitrogen and oxygen atoms in total. The van der Waals surface area contributed by atoms with Gasteiger partial charge in [0.05, 0.1) is 5.60 Å². The number of aryl methyl sites for hydroxylation is 2. The van der Waals surface area contributed by atoms with Crippen LogP contribution in [0, 0.1) is 12.7 Å². The Morgan fingerprint density at radius 1 is 1.14 bits per heavy atom. The lowest BCUT2D eigenvalue weighted by Gasteiger charge is -2.38. The van der Waals surface area contributed by atoms with Gasteiger partial charge in [-0.15, -0.1) is 0 Å². The van der Waals surface area contributed by atoms with Crippen molar-refractivity contribution in [3.8, 4) is 0 Å². The molecule has 1 saturated heterocycles. The predicted octanol–water partition coefficient (Wildman–Crippen LogP) is 5.27. The van der Waals surface area contributed by atoms with Crippen LogP contribution in [0.5, 0.6) is 0 Å². The number of piperidine rings is 1. The van der Waals surface area contributed by atoms with Crippen LogP contribution in [0.15, 0.2) is 42.5 Å². The molecule has 0 bridgehead atoms. The molecule has 0 saturated carbocycles. The third kappa shape index (κ3) is 4.82. The monoisotopic (exact) mass is 414 g/mol. The molecule has 0 atom stereocenters. The molecular formula is C24H28ClFN2O. The summed E-state index contributed by atoms with van der Waals surface area (Å²) in [5.74, 6) is -0.204. The Bertz CT molecular complexity index is 974. The van der Waals surface area contributed by atoms with Gasteiger partial charge in [0.15, 0.2) is 0 Å². The molecule has 1 aromatic heterocycles. The van der Waals surface area contributed by atoms with Gasteiger partial charge in [-0.3, -0.25) is 0 Å². The first-order valence-corrected chi connectivity index (χ1v) is 10.8. The van der Waals surface area contributed by atoms with E-state index in [-0.39, 0.29) is 5.82 Å². The van der Waals surface area contributed by atoms with Gasteiger partial charge in [0.1, 0.15) is 5.82 Å². The molecule has 5 heteroatoms. The largest absolute Gasteiger partial charge is 0.389 e. The zero-order chi connectivity index (χ0) is 20.4. The Labute approximate surface area is 176 Å². The Balaban J connectivity index is 1.28. The van der Waals surface area contributed by atoms with Crippen LogP contribution < -0.4 is 0 Å².